The second kappa shape index (κ2) is 6.86. The van der Waals surface area contributed by atoms with E-state index in [2.05, 4.69) is 0 Å². The van der Waals surface area contributed by atoms with Crippen molar-refractivity contribution in [3.63, 3.8) is 0 Å². The summed E-state index contributed by atoms with van der Waals surface area (Å²) >= 11 is 0. The highest BCUT2D eigenvalue weighted by Gasteiger charge is 2.24. The lowest BCUT2D eigenvalue weighted by atomic mass is 10.1. The molecule has 0 unspecified atom stereocenters. The molecule has 0 atom stereocenters. The summed E-state index contributed by atoms with van der Waals surface area (Å²) in [5.74, 6) is 0.370. The number of amides is 1. The van der Waals surface area contributed by atoms with Crippen LogP contribution in [0.1, 0.15) is 33.1 Å². The van der Waals surface area contributed by atoms with Gasteiger partial charge in [-0.2, -0.15) is 0 Å². The second-order valence-electron chi connectivity index (χ2n) is 4.69. The van der Waals surface area contributed by atoms with Crippen LogP contribution in [0.25, 0.3) is 0 Å². The van der Waals surface area contributed by atoms with Crippen molar-refractivity contribution in [2.24, 2.45) is 11.7 Å². The molecule has 4 heteroatoms. The number of hydrogen-bond acceptors (Lipinski definition) is 3. The Morgan fingerprint density at radius 1 is 1.44 bits per heavy atom. The maximum Gasteiger partial charge on any atom is 0.225 e. The molecule has 1 rings (SSSR count). The van der Waals surface area contributed by atoms with E-state index in [4.69, 9.17) is 10.5 Å². The van der Waals surface area contributed by atoms with Crippen LogP contribution >= 0.6 is 0 Å². The summed E-state index contributed by atoms with van der Waals surface area (Å²) in [5, 5.41) is 0. The lowest BCUT2D eigenvalue weighted by Gasteiger charge is -2.33. The predicted molar refractivity (Wildman–Crippen MR) is 64.1 cm³/mol. The highest BCUT2D eigenvalue weighted by molar-refractivity contribution is 5.78. The van der Waals surface area contributed by atoms with Crippen molar-refractivity contribution in [3.8, 4) is 0 Å². The van der Waals surface area contributed by atoms with Crippen LogP contribution in [0.4, 0.5) is 0 Å². The van der Waals surface area contributed by atoms with Crippen LogP contribution < -0.4 is 5.73 Å². The SMILES string of the molecule is CC(C)C(=O)N1CCC(OCCCN)CC1. The molecule has 16 heavy (non-hydrogen) atoms. The van der Waals surface area contributed by atoms with E-state index in [1.54, 1.807) is 0 Å². The molecule has 1 fully saturated rings. The summed E-state index contributed by atoms with van der Waals surface area (Å²) in [7, 11) is 0. The Kier molecular flexibility index (Phi) is 5.77. The maximum atomic E-state index is 11.7. The van der Waals surface area contributed by atoms with E-state index in [0.29, 0.717) is 12.6 Å². The Morgan fingerprint density at radius 3 is 2.56 bits per heavy atom. The van der Waals surface area contributed by atoms with Gasteiger partial charge >= 0.3 is 0 Å². The predicted octanol–water partition coefficient (Wildman–Crippen LogP) is 0.999. The van der Waals surface area contributed by atoms with Crippen molar-refractivity contribution >= 4 is 5.91 Å². The maximum absolute atomic E-state index is 11.7. The van der Waals surface area contributed by atoms with Crippen molar-refractivity contribution in [3.05, 3.63) is 0 Å². The zero-order valence-electron chi connectivity index (χ0n) is 10.4. The molecule has 1 aliphatic heterocycles. The third-order valence-corrected chi connectivity index (χ3v) is 2.95. The molecule has 0 aromatic rings. The van der Waals surface area contributed by atoms with Gasteiger partial charge in [-0.3, -0.25) is 4.79 Å². The van der Waals surface area contributed by atoms with E-state index in [0.717, 1.165) is 39.0 Å². The van der Waals surface area contributed by atoms with E-state index in [9.17, 15) is 4.79 Å². The van der Waals surface area contributed by atoms with Gasteiger partial charge in [-0.25, -0.2) is 0 Å². The topological polar surface area (TPSA) is 55.6 Å². The molecule has 0 aliphatic carbocycles. The van der Waals surface area contributed by atoms with Gasteiger partial charge in [0.15, 0.2) is 0 Å². The molecule has 2 N–H and O–H groups in total. The van der Waals surface area contributed by atoms with Gasteiger partial charge in [0.25, 0.3) is 0 Å². The number of likely N-dealkylation sites (tertiary alicyclic amines) is 1. The molecule has 0 saturated carbocycles. The third-order valence-electron chi connectivity index (χ3n) is 2.95. The largest absolute Gasteiger partial charge is 0.378 e. The third kappa shape index (κ3) is 4.10. The fourth-order valence-electron chi connectivity index (χ4n) is 1.94. The summed E-state index contributed by atoms with van der Waals surface area (Å²) in [6, 6.07) is 0. The monoisotopic (exact) mass is 228 g/mol. The molecule has 94 valence electrons. The zero-order chi connectivity index (χ0) is 12.0. The van der Waals surface area contributed by atoms with Crippen molar-refractivity contribution in [2.75, 3.05) is 26.2 Å². The van der Waals surface area contributed by atoms with Crippen molar-refractivity contribution in [2.45, 2.75) is 39.2 Å². The summed E-state index contributed by atoms with van der Waals surface area (Å²) in [4.78, 5) is 13.7. The molecule has 0 aromatic heterocycles. The van der Waals surface area contributed by atoms with E-state index in [1.807, 2.05) is 18.7 Å². The first kappa shape index (κ1) is 13.5. The fraction of sp³-hybridized carbons (Fsp3) is 0.917. The molecule has 0 spiro atoms. The van der Waals surface area contributed by atoms with Crippen molar-refractivity contribution < 1.29 is 9.53 Å². The number of nitrogens with zero attached hydrogens (tertiary/aromatic N) is 1. The molecule has 1 amide bonds. The smallest absolute Gasteiger partial charge is 0.225 e. The minimum Gasteiger partial charge on any atom is -0.378 e. The Balaban J connectivity index is 2.20. The molecule has 1 aliphatic rings. The van der Waals surface area contributed by atoms with Gasteiger partial charge in [-0.15, -0.1) is 0 Å². The number of carbonyl (C=O) groups excluding carboxylic acids is 1. The van der Waals surface area contributed by atoms with Gasteiger partial charge in [0.05, 0.1) is 6.10 Å². The van der Waals surface area contributed by atoms with Crippen LogP contribution in [0.5, 0.6) is 0 Å². The molecular weight excluding hydrogens is 204 g/mol. The van der Waals surface area contributed by atoms with Crippen molar-refractivity contribution in [1.82, 2.24) is 4.90 Å². The lowest BCUT2D eigenvalue weighted by molar-refractivity contribution is -0.137. The zero-order valence-corrected chi connectivity index (χ0v) is 10.4. The highest BCUT2D eigenvalue weighted by atomic mass is 16.5. The lowest BCUT2D eigenvalue weighted by Crippen LogP contribution is -2.42. The van der Waals surface area contributed by atoms with Gasteiger partial charge in [0.1, 0.15) is 0 Å². The average Bonchev–Trinajstić information content (AvgIpc) is 2.29. The number of hydrogen-bond donors (Lipinski definition) is 1. The van der Waals surface area contributed by atoms with Gasteiger partial charge in [-0.05, 0) is 25.8 Å². The Bertz CT molecular complexity index is 211. The molecule has 0 bridgehead atoms. The van der Waals surface area contributed by atoms with E-state index in [1.165, 1.54) is 0 Å². The Morgan fingerprint density at radius 2 is 2.06 bits per heavy atom. The van der Waals surface area contributed by atoms with E-state index >= 15 is 0 Å². The Hall–Kier alpha value is -0.610. The van der Waals surface area contributed by atoms with Crippen LogP contribution in [0.15, 0.2) is 0 Å². The van der Waals surface area contributed by atoms with Gasteiger partial charge in [0, 0.05) is 25.6 Å². The van der Waals surface area contributed by atoms with Gasteiger partial charge in [-0.1, -0.05) is 13.8 Å². The molecule has 1 saturated heterocycles. The van der Waals surface area contributed by atoms with Crippen LogP contribution in [0, 0.1) is 5.92 Å². The summed E-state index contributed by atoms with van der Waals surface area (Å²) < 4.78 is 5.69. The minimum absolute atomic E-state index is 0.106. The second-order valence-corrected chi connectivity index (χ2v) is 4.69. The van der Waals surface area contributed by atoms with E-state index in [-0.39, 0.29) is 11.8 Å². The first-order chi connectivity index (χ1) is 7.65. The fourth-order valence-corrected chi connectivity index (χ4v) is 1.94. The standard InChI is InChI=1S/C12H24N2O2/c1-10(2)12(15)14-7-4-11(5-8-14)16-9-3-6-13/h10-11H,3-9,13H2,1-2H3. The number of nitrogens with two attached hydrogens (primary N) is 1. The van der Waals surface area contributed by atoms with Gasteiger partial charge < -0.3 is 15.4 Å². The number of ether oxygens (including phenoxy) is 1. The molecule has 0 aromatic carbocycles. The number of carbonyl (C=O) groups is 1. The van der Waals surface area contributed by atoms with Crippen LogP contribution in [-0.2, 0) is 9.53 Å². The molecule has 0 radical (unpaired) electrons. The van der Waals surface area contributed by atoms with Crippen LogP contribution in [0.3, 0.4) is 0 Å². The summed E-state index contributed by atoms with van der Waals surface area (Å²) in [6.07, 6.45) is 3.17. The summed E-state index contributed by atoms with van der Waals surface area (Å²) in [6.45, 7) is 7.01. The van der Waals surface area contributed by atoms with Crippen LogP contribution in [0.2, 0.25) is 0 Å². The van der Waals surface area contributed by atoms with E-state index < -0.39 is 0 Å². The minimum atomic E-state index is 0.106. The first-order valence-electron chi connectivity index (χ1n) is 6.25. The first-order valence-corrected chi connectivity index (χ1v) is 6.25. The Labute approximate surface area is 98.1 Å². The normalized spacial score (nSPS) is 18.1. The van der Waals surface area contributed by atoms with Gasteiger partial charge in [0.2, 0.25) is 5.91 Å². The molecular formula is C12H24N2O2. The number of rotatable bonds is 5. The quantitative estimate of drug-likeness (QED) is 0.714. The average molecular weight is 228 g/mol. The summed E-state index contributed by atoms with van der Waals surface area (Å²) in [5.41, 5.74) is 5.41. The van der Waals surface area contributed by atoms with Crippen molar-refractivity contribution in [1.29, 1.82) is 0 Å². The molecule has 4 nitrogen and oxygen atoms in total. The van der Waals surface area contributed by atoms with Crippen LogP contribution in [-0.4, -0.2) is 43.2 Å². The molecule has 1 heterocycles. The highest BCUT2D eigenvalue weighted by Crippen LogP contribution is 2.15. The number of piperidine rings is 1.